The molecule has 0 aliphatic heterocycles. The molecule has 0 radical (unpaired) electrons. The van der Waals surface area contributed by atoms with Gasteiger partial charge in [-0.2, -0.15) is 5.10 Å². The predicted molar refractivity (Wildman–Crippen MR) is 60.2 cm³/mol. The molecule has 5 heteroatoms. The van der Waals surface area contributed by atoms with Crippen LogP contribution in [0.5, 0.6) is 0 Å². The summed E-state index contributed by atoms with van der Waals surface area (Å²) >= 11 is 5.39. The van der Waals surface area contributed by atoms with Crippen LogP contribution in [0.15, 0.2) is 18.2 Å². The molecule has 15 heavy (non-hydrogen) atoms. The number of carbonyl (C=O) groups is 1. The summed E-state index contributed by atoms with van der Waals surface area (Å²) in [5, 5.41) is 10.7. The maximum Gasteiger partial charge on any atom is 0.239 e. The summed E-state index contributed by atoms with van der Waals surface area (Å²) < 4.78 is 0. The van der Waals surface area contributed by atoms with Crippen molar-refractivity contribution < 1.29 is 4.79 Å². The molecule has 2 N–H and O–H groups in total. The van der Waals surface area contributed by atoms with Gasteiger partial charge in [-0.15, -0.1) is 11.6 Å². The van der Waals surface area contributed by atoms with Gasteiger partial charge in [0, 0.05) is 16.8 Å². The second kappa shape index (κ2) is 3.90. The highest BCUT2D eigenvalue weighted by molar-refractivity contribution is 6.29. The van der Waals surface area contributed by atoms with Crippen LogP contribution in [0, 0.1) is 6.92 Å². The summed E-state index contributed by atoms with van der Waals surface area (Å²) in [6.07, 6.45) is 0. The Bertz CT molecular complexity index is 506. The van der Waals surface area contributed by atoms with Gasteiger partial charge >= 0.3 is 0 Å². The lowest BCUT2D eigenvalue weighted by molar-refractivity contribution is -0.113. The number of hydrogen-bond acceptors (Lipinski definition) is 2. The van der Waals surface area contributed by atoms with Crippen LogP contribution in [0.4, 0.5) is 5.69 Å². The largest absolute Gasteiger partial charge is 0.325 e. The Kier molecular flexibility index (Phi) is 2.60. The smallest absolute Gasteiger partial charge is 0.239 e. The molecule has 0 aliphatic carbocycles. The van der Waals surface area contributed by atoms with E-state index in [0.29, 0.717) is 5.69 Å². The zero-order chi connectivity index (χ0) is 10.8. The molecular formula is C10H10ClN3O. The first-order valence-corrected chi connectivity index (χ1v) is 5.04. The number of H-pyrrole nitrogens is 1. The fraction of sp³-hybridized carbons (Fsp3) is 0.200. The number of aryl methyl sites for hydroxylation is 1. The first kappa shape index (κ1) is 9.98. The van der Waals surface area contributed by atoms with Crippen molar-refractivity contribution in [2.45, 2.75) is 6.92 Å². The van der Waals surface area contributed by atoms with E-state index >= 15 is 0 Å². The summed E-state index contributed by atoms with van der Waals surface area (Å²) in [6, 6.07) is 5.55. The molecule has 1 aromatic heterocycles. The Morgan fingerprint density at radius 2 is 2.40 bits per heavy atom. The minimum absolute atomic E-state index is 0.0440. The third-order valence-corrected chi connectivity index (χ3v) is 2.39. The number of carbonyl (C=O) groups excluding carboxylic acids is 1. The molecule has 0 saturated carbocycles. The average molecular weight is 224 g/mol. The van der Waals surface area contributed by atoms with Crippen LogP contribution >= 0.6 is 11.6 Å². The van der Waals surface area contributed by atoms with Crippen LogP contribution in [0.3, 0.4) is 0 Å². The number of hydrogen-bond donors (Lipinski definition) is 2. The van der Waals surface area contributed by atoms with Gasteiger partial charge in [0.15, 0.2) is 0 Å². The molecule has 4 nitrogen and oxygen atoms in total. The van der Waals surface area contributed by atoms with Gasteiger partial charge in [-0.05, 0) is 25.1 Å². The monoisotopic (exact) mass is 223 g/mol. The molecule has 1 amide bonds. The van der Waals surface area contributed by atoms with Crippen molar-refractivity contribution >= 4 is 34.1 Å². The highest BCUT2D eigenvalue weighted by Crippen LogP contribution is 2.19. The summed E-state index contributed by atoms with van der Waals surface area (Å²) in [5.74, 6) is -0.263. The van der Waals surface area contributed by atoms with Crippen molar-refractivity contribution in [1.29, 1.82) is 0 Å². The fourth-order valence-electron chi connectivity index (χ4n) is 1.42. The van der Waals surface area contributed by atoms with Gasteiger partial charge in [0.1, 0.15) is 5.88 Å². The number of nitrogens with one attached hydrogen (secondary N) is 2. The van der Waals surface area contributed by atoms with E-state index in [4.69, 9.17) is 11.6 Å². The highest BCUT2D eigenvalue weighted by Gasteiger charge is 2.04. The van der Waals surface area contributed by atoms with Crippen molar-refractivity contribution in [2.24, 2.45) is 0 Å². The molecule has 0 unspecified atom stereocenters. The number of aromatic nitrogens is 2. The Hall–Kier alpha value is -1.55. The van der Waals surface area contributed by atoms with Crippen molar-refractivity contribution in [2.75, 3.05) is 11.2 Å². The molecule has 78 valence electrons. The standard InChI is InChI=1S/C10H10ClN3O/c1-6-8-3-2-7(12-10(15)5-11)4-9(8)14-13-6/h2-4H,5H2,1H3,(H,12,15)(H,13,14). The van der Waals surface area contributed by atoms with E-state index in [9.17, 15) is 4.79 Å². The number of aromatic amines is 1. The Balaban J connectivity index is 2.35. The number of halogens is 1. The average Bonchev–Trinajstić information content (AvgIpc) is 2.60. The van der Waals surface area contributed by atoms with Crippen molar-refractivity contribution in [3.8, 4) is 0 Å². The normalized spacial score (nSPS) is 10.5. The van der Waals surface area contributed by atoms with Crippen LogP contribution in [0.1, 0.15) is 5.69 Å². The zero-order valence-electron chi connectivity index (χ0n) is 8.17. The summed E-state index contributed by atoms with van der Waals surface area (Å²) in [7, 11) is 0. The Morgan fingerprint density at radius 3 is 3.13 bits per heavy atom. The topological polar surface area (TPSA) is 57.8 Å². The van der Waals surface area contributed by atoms with Crippen LogP contribution < -0.4 is 5.32 Å². The van der Waals surface area contributed by atoms with Crippen molar-refractivity contribution in [1.82, 2.24) is 10.2 Å². The minimum Gasteiger partial charge on any atom is -0.325 e. The lowest BCUT2D eigenvalue weighted by atomic mass is 10.2. The van der Waals surface area contributed by atoms with E-state index in [1.165, 1.54) is 0 Å². The highest BCUT2D eigenvalue weighted by atomic mass is 35.5. The lowest BCUT2D eigenvalue weighted by Crippen LogP contribution is -2.12. The number of fused-ring (bicyclic) bond motifs is 1. The molecule has 2 rings (SSSR count). The number of amides is 1. The Labute approximate surface area is 91.6 Å². The number of anilines is 1. The number of nitrogens with zero attached hydrogens (tertiary/aromatic N) is 1. The minimum atomic E-state index is -0.219. The van der Waals surface area contributed by atoms with Gasteiger partial charge in [0.25, 0.3) is 0 Å². The van der Waals surface area contributed by atoms with Crippen molar-refractivity contribution in [3.05, 3.63) is 23.9 Å². The van der Waals surface area contributed by atoms with Gasteiger partial charge < -0.3 is 5.32 Å². The van der Waals surface area contributed by atoms with E-state index in [2.05, 4.69) is 15.5 Å². The third kappa shape index (κ3) is 1.94. The van der Waals surface area contributed by atoms with E-state index < -0.39 is 0 Å². The second-order valence-corrected chi connectivity index (χ2v) is 3.53. The molecule has 1 aromatic carbocycles. The molecule has 0 spiro atoms. The maximum absolute atomic E-state index is 11.1. The van der Waals surface area contributed by atoms with E-state index in [1.807, 2.05) is 25.1 Å². The van der Waals surface area contributed by atoms with Crippen molar-refractivity contribution in [3.63, 3.8) is 0 Å². The van der Waals surface area contributed by atoms with Gasteiger partial charge in [-0.1, -0.05) is 0 Å². The number of rotatable bonds is 2. The van der Waals surface area contributed by atoms with Gasteiger partial charge in [-0.3, -0.25) is 9.89 Å². The van der Waals surface area contributed by atoms with Gasteiger partial charge in [0.2, 0.25) is 5.91 Å². The maximum atomic E-state index is 11.1. The summed E-state index contributed by atoms with van der Waals surface area (Å²) in [5.41, 5.74) is 2.56. The van der Waals surface area contributed by atoms with E-state index in [-0.39, 0.29) is 11.8 Å². The fourth-order valence-corrected chi connectivity index (χ4v) is 1.48. The molecule has 0 fully saturated rings. The van der Waals surface area contributed by atoms with Gasteiger partial charge in [-0.25, -0.2) is 0 Å². The second-order valence-electron chi connectivity index (χ2n) is 3.26. The summed E-state index contributed by atoms with van der Waals surface area (Å²) in [4.78, 5) is 11.1. The van der Waals surface area contributed by atoms with Crippen LogP contribution in [-0.2, 0) is 4.79 Å². The molecule has 1 heterocycles. The molecule has 0 aliphatic rings. The first-order chi connectivity index (χ1) is 7.20. The Morgan fingerprint density at radius 1 is 1.60 bits per heavy atom. The molecular weight excluding hydrogens is 214 g/mol. The molecule has 0 bridgehead atoms. The van der Waals surface area contributed by atoms with E-state index in [1.54, 1.807) is 0 Å². The molecule has 2 aromatic rings. The third-order valence-electron chi connectivity index (χ3n) is 2.15. The van der Waals surface area contributed by atoms with Crippen LogP contribution in [0.2, 0.25) is 0 Å². The number of benzene rings is 1. The SMILES string of the molecule is Cc1[nH]nc2cc(NC(=O)CCl)ccc12. The molecule has 0 atom stereocenters. The summed E-state index contributed by atoms with van der Waals surface area (Å²) in [6.45, 7) is 1.95. The molecule has 0 saturated heterocycles. The first-order valence-electron chi connectivity index (χ1n) is 4.51. The quantitative estimate of drug-likeness (QED) is 0.766. The van der Waals surface area contributed by atoms with Crippen LogP contribution in [-0.4, -0.2) is 22.0 Å². The number of alkyl halides is 1. The van der Waals surface area contributed by atoms with E-state index in [0.717, 1.165) is 16.6 Å². The lowest BCUT2D eigenvalue weighted by Gasteiger charge is -2.01. The zero-order valence-corrected chi connectivity index (χ0v) is 8.93. The predicted octanol–water partition coefficient (Wildman–Crippen LogP) is 2.05. The van der Waals surface area contributed by atoms with Crippen LogP contribution in [0.25, 0.3) is 10.9 Å². The van der Waals surface area contributed by atoms with Gasteiger partial charge in [0.05, 0.1) is 5.52 Å².